The molecule has 2 aromatic rings. The second-order valence-electron chi connectivity index (χ2n) is 1.87. The average molecular weight is 139 g/mol. The highest BCUT2D eigenvalue weighted by atomic mass is 16.5. The summed E-state index contributed by atoms with van der Waals surface area (Å²) in [6.45, 7) is 0. The van der Waals surface area contributed by atoms with Gasteiger partial charge >= 0.3 is 11.8 Å². The van der Waals surface area contributed by atoms with Crippen LogP contribution in [0.25, 0.3) is 5.84 Å². The summed E-state index contributed by atoms with van der Waals surface area (Å²) in [4.78, 5) is 3.76. The van der Waals surface area contributed by atoms with Crippen LogP contribution in [0, 0.1) is 0 Å². The topological polar surface area (TPSA) is 76.7 Å². The van der Waals surface area contributed by atoms with Gasteiger partial charge in [0.2, 0.25) is 0 Å². The molecule has 0 bridgehead atoms. The van der Waals surface area contributed by atoms with Gasteiger partial charge in [0.25, 0.3) is 0 Å². The minimum absolute atomic E-state index is 0.174. The lowest BCUT2D eigenvalue weighted by atomic mass is 10.7. The molecule has 0 aliphatic heterocycles. The fourth-order valence-corrected chi connectivity index (χ4v) is 0.790. The number of hydrogen-bond donors (Lipinski definition) is 2. The van der Waals surface area contributed by atoms with E-state index >= 15 is 0 Å². The van der Waals surface area contributed by atoms with Gasteiger partial charge in [-0.25, -0.2) is 9.38 Å². The van der Waals surface area contributed by atoms with Crippen molar-refractivity contribution in [3.05, 3.63) is 12.4 Å². The van der Waals surface area contributed by atoms with Crippen LogP contribution >= 0.6 is 0 Å². The van der Waals surface area contributed by atoms with Crippen LogP contribution in [0.4, 0.5) is 5.82 Å². The summed E-state index contributed by atoms with van der Waals surface area (Å²) >= 11 is 0. The first kappa shape index (κ1) is 5.16. The second kappa shape index (κ2) is 1.44. The highest BCUT2D eigenvalue weighted by Gasteiger charge is 2.08. The molecule has 5 heteroatoms. The van der Waals surface area contributed by atoms with E-state index in [1.165, 1.54) is 10.6 Å². The average Bonchev–Trinajstić information content (AvgIpc) is 2.41. The standard InChI is InChI=1S/C5H5N3O2/c6-3-4(9)10-5-7-1-2-8(3)5/h1-2,9H,6H2. The summed E-state index contributed by atoms with van der Waals surface area (Å²) in [5.41, 5.74) is 5.36. The number of oxazole rings is 1. The van der Waals surface area contributed by atoms with Crippen molar-refractivity contribution in [2.45, 2.75) is 0 Å². The first-order chi connectivity index (χ1) is 4.79. The molecule has 0 aliphatic rings. The Kier molecular flexibility index (Phi) is 0.743. The SMILES string of the molecule is Nc1c(O)oc2nccn12. The van der Waals surface area contributed by atoms with Crippen molar-refractivity contribution in [3.8, 4) is 5.95 Å². The number of aromatic hydroxyl groups is 1. The van der Waals surface area contributed by atoms with Crippen LogP contribution in [0.1, 0.15) is 0 Å². The summed E-state index contributed by atoms with van der Waals surface area (Å²) in [7, 11) is 0. The molecule has 2 heterocycles. The number of nitrogens with zero attached hydrogens (tertiary/aromatic N) is 2. The highest BCUT2D eigenvalue weighted by molar-refractivity contribution is 5.47. The van der Waals surface area contributed by atoms with Gasteiger partial charge in [0, 0.05) is 12.4 Å². The predicted octanol–water partition coefficient (Wildman–Crippen LogP) is 0.215. The summed E-state index contributed by atoms with van der Waals surface area (Å²) < 4.78 is 6.17. The van der Waals surface area contributed by atoms with Gasteiger partial charge in [-0.3, -0.25) is 0 Å². The third-order valence-corrected chi connectivity index (χ3v) is 1.27. The molecule has 0 aliphatic carbocycles. The number of rotatable bonds is 0. The Balaban J connectivity index is 2.95. The lowest BCUT2D eigenvalue weighted by molar-refractivity contribution is 0.346. The van der Waals surface area contributed by atoms with Crippen LogP contribution < -0.4 is 5.73 Å². The molecule has 0 fully saturated rings. The van der Waals surface area contributed by atoms with Gasteiger partial charge in [0.15, 0.2) is 5.82 Å². The van der Waals surface area contributed by atoms with Crippen molar-refractivity contribution in [1.82, 2.24) is 9.38 Å². The summed E-state index contributed by atoms with van der Waals surface area (Å²) in [6, 6.07) is 0. The molecule has 0 spiro atoms. The number of nitrogens with two attached hydrogens (primary N) is 1. The molecule has 2 rings (SSSR count). The van der Waals surface area contributed by atoms with Gasteiger partial charge in [-0.2, -0.15) is 0 Å². The molecule has 0 unspecified atom stereocenters. The van der Waals surface area contributed by atoms with E-state index in [1.54, 1.807) is 6.20 Å². The van der Waals surface area contributed by atoms with Gasteiger partial charge < -0.3 is 15.3 Å². The van der Waals surface area contributed by atoms with Crippen LogP contribution in [0.15, 0.2) is 16.8 Å². The fraction of sp³-hybridized carbons (Fsp3) is 0. The first-order valence-electron chi connectivity index (χ1n) is 2.69. The maximum atomic E-state index is 8.88. The Morgan fingerprint density at radius 1 is 1.70 bits per heavy atom. The van der Waals surface area contributed by atoms with E-state index in [2.05, 4.69) is 4.98 Å². The van der Waals surface area contributed by atoms with Gasteiger partial charge in [-0.05, 0) is 0 Å². The quantitative estimate of drug-likeness (QED) is 0.547. The molecular weight excluding hydrogens is 134 g/mol. The van der Waals surface area contributed by atoms with Gasteiger partial charge in [0.05, 0.1) is 0 Å². The highest BCUT2D eigenvalue weighted by Crippen LogP contribution is 2.23. The van der Waals surface area contributed by atoms with Crippen LogP contribution in [-0.4, -0.2) is 14.5 Å². The number of aromatic nitrogens is 2. The largest absolute Gasteiger partial charge is 0.478 e. The number of anilines is 1. The lowest BCUT2D eigenvalue weighted by Gasteiger charge is -1.83. The van der Waals surface area contributed by atoms with E-state index in [0.29, 0.717) is 5.84 Å². The van der Waals surface area contributed by atoms with Crippen molar-refractivity contribution in [3.63, 3.8) is 0 Å². The van der Waals surface area contributed by atoms with E-state index in [9.17, 15) is 0 Å². The molecule has 0 amide bonds. The smallest absolute Gasteiger partial charge is 0.327 e. The Labute approximate surface area is 55.7 Å². The maximum Gasteiger partial charge on any atom is 0.327 e. The van der Waals surface area contributed by atoms with Crippen molar-refractivity contribution in [1.29, 1.82) is 0 Å². The molecule has 5 nitrogen and oxygen atoms in total. The van der Waals surface area contributed by atoms with Gasteiger partial charge in [-0.1, -0.05) is 0 Å². The summed E-state index contributed by atoms with van der Waals surface area (Å²) in [5.74, 6) is 0.186. The van der Waals surface area contributed by atoms with Crippen molar-refractivity contribution >= 4 is 11.7 Å². The zero-order chi connectivity index (χ0) is 7.14. The monoisotopic (exact) mass is 139 g/mol. The molecule has 0 atom stereocenters. The second-order valence-corrected chi connectivity index (χ2v) is 1.87. The molecule has 2 aromatic heterocycles. The van der Waals surface area contributed by atoms with Crippen molar-refractivity contribution in [2.24, 2.45) is 0 Å². The van der Waals surface area contributed by atoms with Crippen LogP contribution in [-0.2, 0) is 0 Å². The minimum atomic E-state index is -0.289. The van der Waals surface area contributed by atoms with Gasteiger partial charge in [0.1, 0.15) is 0 Å². The van der Waals surface area contributed by atoms with E-state index in [-0.39, 0.29) is 11.8 Å². The van der Waals surface area contributed by atoms with Crippen molar-refractivity contribution < 1.29 is 9.52 Å². The summed E-state index contributed by atoms with van der Waals surface area (Å²) in [6.07, 6.45) is 3.14. The molecule has 0 aromatic carbocycles. The van der Waals surface area contributed by atoms with E-state index in [0.717, 1.165) is 0 Å². The Bertz CT molecular complexity index is 362. The van der Waals surface area contributed by atoms with E-state index in [4.69, 9.17) is 15.3 Å². The zero-order valence-electron chi connectivity index (χ0n) is 4.98. The van der Waals surface area contributed by atoms with Gasteiger partial charge in [-0.15, -0.1) is 0 Å². The lowest BCUT2D eigenvalue weighted by Crippen LogP contribution is -1.88. The molecular formula is C5H5N3O2. The van der Waals surface area contributed by atoms with Crippen LogP contribution in [0.2, 0.25) is 0 Å². The third-order valence-electron chi connectivity index (χ3n) is 1.27. The first-order valence-corrected chi connectivity index (χ1v) is 2.69. The fourth-order valence-electron chi connectivity index (χ4n) is 0.790. The molecule has 0 saturated carbocycles. The minimum Gasteiger partial charge on any atom is -0.478 e. The number of nitrogen functional groups attached to an aromatic ring is 1. The summed E-state index contributed by atoms with van der Waals surface area (Å²) in [5, 5.41) is 8.88. The third kappa shape index (κ3) is 0.439. The normalized spacial score (nSPS) is 10.8. The van der Waals surface area contributed by atoms with Crippen molar-refractivity contribution in [2.75, 3.05) is 5.73 Å². The number of fused-ring (bicyclic) bond motifs is 1. The molecule has 0 radical (unpaired) electrons. The Morgan fingerprint density at radius 3 is 3.20 bits per heavy atom. The van der Waals surface area contributed by atoms with Crippen LogP contribution in [0.5, 0.6) is 5.95 Å². The van der Waals surface area contributed by atoms with E-state index < -0.39 is 0 Å². The molecule has 3 N–H and O–H groups in total. The molecule has 10 heavy (non-hydrogen) atoms. The Hall–Kier alpha value is -1.65. The Morgan fingerprint density at radius 2 is 2.50 bits per heavy atom. The number of hydrogen-bond acceptors (Lipinski definition) is 4. The van der Waals surface area contributed by atoms with Crippen LogP contribution in [0.3, 0.4) is 0 Å². The molecule has 0 saturated heterocycles. The predicted molar refractivity (Wildman–Crippen MR) is 33.5 cm³/mol. The molecule has 52 valence electrons. The number of imidazole rings is 1. The maximum absolute atomic E-state index is 8.88. The zero-order valence-corrected chi connectivity index (χ0v) is 4.98. The van der Waals surface area contributed by atoms with E-state index in [1.807, 2.05) is 0 Å².